The van der Waals surface area contributed by atoms with Gasteiger partial charge in [-0.15, -0.1) is 10.2 Å². The normalized spacial score (nSPS) is 12.6. The standard InChI is InChI=1S/C18H13BrF3N3OS/c1-10(11-5-7-14(19)8-6-11)15(26)23-17-25-24-16(27-17)12-3-2-4-13(9-12)18(20,21)22/h2-10H,1H3,(H,23,25,26). The van der Waals surface area contributed by atoms with Crippen molar-refractivity contribution in [2.75, 3.05) is 5.32 Å². The number of hydrogen-bond donors (Lipinski definition) is 1. The molecule has 3 rings (SSSR count). The number of alkyl halides is 3. The summed E-state index contributed by atoms with van der Waals surface area (Å²) in [4.78, 5) is 12.4. The van der Waals surface area contributed by atoms with Gasteiger partial charge in [-0.25, -0.2) is 0 Å². The lowest BCUT2D eigenvalue weighted by Gasteiger charge is -2.10. The number of carbonyl (C=O) groups excluding carboxylic acids is 1. The number of nitrogens with zero attached hydrogens (tertiary/aromatic N) is 2. The molecule has 1 N–H and O–H groups in total. The van der Waals surface area contributed by atoms with Crippen LogP contribution >= 0.6 is 27.3 Å². The van der Waals surface area contributed by atoms with E-state index in [1.165, 1.54) is 12.1 Å². The van der Waals surface area contributed by atoms with Crippen molar-refractivity contribution in [2.24, 2.45) is 0 Å². The second-order valence-electron chi connectivity index (χ2n) is 5.75. The monoisotopic (exact) mass is 455 g/mol. The van der Waals surface area contributed by atoms with E-state index in [0.717, 1.165) is 33.5 Å². The molecule has 1 heterocycles. The first kappa shape index (κ1) is 19.5. The van der Waals surface area contributed by atoms with E-state index in [1.54, 1.807) is 6.92 Å². The molecule has 0 spiro atoms. The fraction of sp³-hybridized carbons (Fsp3) is 0.167. The Morgan fingerprint density at radius 3 is 2.52 bits per heavy atom. The van der Waals surface area contributed by atoms with Gasteiger partial charge >= 0.3 is 6.18 Å². The van der Waals surface area contributed by atoms with Crippen LogP contribution in [0.2, 0.25) is 0 Å². The van der Waals surface area contributed by atoms with Gasteiger partial charge in [-0.1, -0.05) is 51.5 Å². The fourth-order valence-corrected chi connectivity index (χ4v) is 3.34. The number of nitrogens with one attached hydrogen (secondary N) is 1. The van der Waals surface area contributed by atoms with E-state index < -0.39 is 17.7 Å². The van der Waals surface area contributed by atoms with Gasteiger partial charge in [-0.3, -0.25) is 10.1 Å². The Bertz CT molecular complexity index is 957. The number of benzene rings is 2. The molecule has 1 unspecified atom stereocenters. The molecule has 0 radical (unpaired) electrons. The van der Waals surface area contributed by atoms with Crippen molar-refractivity contribution in [3.63, 3.8) is 0 Å². The topological polar surface area (TPSA) is 54.9 Å². The molecule has 1 atom stereocenters. The molecule has 0 fully saturated rings. The third-order valence-electron chi connectivity index (χ3n) is 3.86. The Labute approximate surface area is 165 Å². The van der Waals surface area contributed by atoms with Crippen molar-refractivity contribution in [1.82, 2.24) is 10.2 Å². The molecule has 0 bridgehead atoms. The predicted molar refractivity (Wildman–Crippen MR) is 102 cm³/mol. The third kappa shape index (κ3) is 4.72. The van der Waals surface area contributed by atoms with E-state index >= 15 is 0 Å². The second kappa shape index (κ2) is 7.77. The zero-order chi connectivity index (χ0) is 19.6. The molecule has 27 heavy (non-hydrogen) atoms. The number of halogens is 4. The fourth-order valence-electron chi connectivity index (χ4n) is 2.34. The van der Waals surface area contributed by atoms with Crippen LogP contribution in [0.3, 0.4) is 0 Å². The minimum absolute atomic E-state index is 0.233. The largest absolute Gasteiger partial charge is 0.416 e. The van der Waals surface area contributed by atoms with E-state index in [9.17, 15) is 18.0 Å². The van der Waals surface area contributed by atoms with E-state index in [4.69, 9.17) is 0 Å². The van der Waals surface area contributed by atoms with Gasteiger partial charge in [-0.2, -0.15) is 13.2 Å². The van der Waals surface area contributed by atoms with Crippen molar-refractivity contribution >= 4 is 38.3 Å². The molecule has 4 nitrogen and oxygen atoms in total. The molecular formula is C18H13BrF3N3OS. The number of rotatable bonds is 4. The van der Waals surface area contributed by atoms with Crippen molar-refractivity contribution in [1.29, 1.82) is 0 Å². The lowest BCUT2D eigenvalue weighted by atomic mass is 10.0. The highest BCUT2D eigenvalue weighted by atomic mass is 79.9. The first-order valence-electron chi connectivity index (χ1n) is 7.81. The number of aromatic nitrogens is 2. The molecule has 0 aliphatic heterocycles. The summed E-state index contributed by atoms with van der Waals surface area (Å²) in [7, 11) is 0. The van der Waals surface area contributed by atoms with Crippen LogP contribution in [-0.4, -0.2) is 16.1 Å². The minimum Gasteiger partial charge on any atom is -0.300 e. The smallest absolute Gasteiger partial charge is 0.300 e. The van der Waals surface area contributed by atoms with Gasteiger partial charge in [0.15, 0.2) is 0 Å². The summed E-state index contributed by atoms with van der Waals surface area (Å²) >= 11 is 4.36. The zero-order valence-corrected chi connectivity index (χ0v) is 16.3. The van der Waals surface area contributed by atoms with Gasteiger partial charge in [0.05, 0.1) is 11.5 Å². The molecule has 1 amide bonds. The lowest BCUT2D eigenvalue weighted by molar-refractivity contribution is -0.137. The van der Waals surface area contributed by atoms with Crippen molar-refractivity contribution in [2.45, 2.75) is 19.0 Å². The first-order chi connectivity index (χ1) is 12.7. The number of hydrogen-bond acceptors (Lipinski definition) is 4. The van der Waals surface area contributed by atoms with Gasteiger partial charge in [0.2, 0.25) is 11.0 Å². The maximum atomic E-state index is 12.8. The maximum Gasteiger partial charge on any atom is 0.416 e. The summed E-state index contributed by atoms with van der Waals surface area (Å²) in [5.74, 6) is -0.692. The minimum atomic E-state index is -4.43. The lowest BCUT2D eigenvalue weighted by Crippen LogP contribution is -2.18. The second-order valence-corrected chi connectivity index (χ2v) is 7.65. The average molecular weight is 456 g/mol. The molecule has 0 aliphatic rings. The van der Waals surface area contributed by atoms with Crippen LogP contribution in [0.5, 0.6) is 0 Å². The predicted octanol–water partition coefficient (Wildman–Crippen LogP) is 5.73. The summed E-state index contributed by atoms with van der Waals surface area (Å²) in [5.41, 5.74) is 0.367. The third-order valence-corrected chi connectivity index (χ3v) is 5.27. The molecule has 0 saturated heterocycles. The summed E-state index contributed by atoms with van der Waals surface area (Å²) in [6.45, 7) is 1.76. The first-order valence-corrected chi connectivity index (χ1v) is 9.42. The molecule has 2 aromatic carbocycles. The van der Waals surface area contributed by atoms with Crippen LogP contribution in [0, 0.1) is 0 Å². The van der Waals surface area contributed by atoms with Crippen LogP contribution in [0.15, 0.2) is 53.0 Å². The van der Waals surface area contributed by atoms with Crippen LogP contribution in [0.25, 0.3) is 10.6 Å². The molecule has 1 aromatic heterocycles. The van der Waals surface area contributed by atoms with E-state index in [2.05, 4.69) is 31.4 Å². The molecular weight excluding hydrogens is 443 g/mol. The zero-order valence-electron chi connectivity index (χ0n) is 13.9. The van der Waals surface area contributed by atoms with Crippen LogP contribution in [0.1, 0.15) is 24.0 Å². The van der Waals surface area contributed by atoms with Crippen LogP contribution in [-0.2, 0) is 11.0 Å². The highest BCUT2D eigenvalue weighted by Gasteiger charge is 2.30. The molecule has 3 aromatic rings. The Morgan fingerprint density at radius 1 is 1.15 bits per heavy atom. The summed E-state index contributed by atoms with van der Waals surface area (Å²) in [5, 5.41) is 10.9. The molecule has 140 valence electrons. The van der Waals surface area contributed by atoms with Gasteiger partial charge in [0.25, 0.3) is 0 Å². The van der Waals surface area contributed by atoms with Gasteiger partial charge in [-0.05, 0) is 36.8 Å². The maximum absolute atomic E-state index is 12.8. The summed E-state index contributed by atoms with van der Waals surface area (Å²) < 4.78 is 39.4. The van der Waals surface area contributed by atoms with E-state index in [1.807, 2.05) is 24.3 Å². The van der Waals surface area contributed by atoms with Crippen molar-refractivity contribution in [3.05, 3.63) is 64.1 Å². The van der Waals surface area contributed by atoms with Crippen molar-refractivity contribution in [3.8, 4) is 10.6 Å². The number of amides is 1. The average Bonchev–Trinajstić information content (AvgIpc) is 3.09. The quantitative estimate of drug-likeness (QED) is 0.546. The van der Waals surface area contributed by atoms with E-state index in [0.29, 0.717) is 10.6 Å². The Balaban J connectivity index is 1.74. The van der Waals surface area contributed by atoms with Gasteiger partial charge in [0, 0.05) is 10.0 Å². The van der Waals surface area contributed by atoms with E-state index in [-0.39, 0.29) is 11.0 Å². The SMILES string of the molecule is CC(C(=O)Nc1nnc(-c2cccc(C(F)(F)F)c2)s1)c1ccc(Br)cc1. The van der Waals surface area contributed by atoms with Crippen LogP contribution in [0.4, 0.5) is 18.3 Å². The van der Waals surface area contributed by atoms with Crippen LogP contribution < -0.4 is 5.32 Å². The number of anilines is 1. The summed E-state index contributed by atoms with van der Waals surface area (Å²) in [6.07, 6.45) is -4.43. The Hall–Kier alpha value is -2.26. The Morgan fingerprint density at radius 2 is 1.85 bits per heavy atom. The van der Waals surface area contributed by atoms with Gasteiger partial charge in [0.1, 0.15) is 5.01 Å². The highest BCUT2D eigenvalue weighted by Crippen LogP contribution is 2.34. The summed E-state index contributed by atoms with van der Waals surface area (Å²) in [6, 6.07) is 12.2. The Kier molecular flexibility index (Phi) is 5.61. The highest BCUT2D eigenvalue weighted by molar-refractivity contribution is 9.10. The molecule has 9 heteroatoms. The van der Waals surface area contributed by atoms with Gasteiger partial charge < -0.3 is 0 Å². The molecule has 0 aliphatic carbocycles. The molecule has 0 saturated carbocycles. The number of carbonyl (C=O) groups is 1. The van der Waals surface area contributed by atoms with Crippen molar-refractivity contribution < 1.29 is 18.0 Å².